The van der Waals surface area contributed by atoms with E-state index in [-0.39, 0.29) is 22.3 Å². The smallest absolute Gasteiger partial charge is 0.335 e. The summed E-state index contributed by atoms with van der Waals surface area (Å²) in [4.78, 5) is 10.7. The molecular formula is C11H12F2O3. The summed E-state index contributed by atoms with van der Waals surface area (Å²) in [6.07, 6.45) is 0. The molecule has 0 spiro atoms. The van der Waals surface area contributed by atoms with Crippen molar-refractivity contribution >= 4 is 5.97 Å². The number of carbonyl (C=O) groups is 1. The van der Waals surface area contributed by atoms with Crippen LogP contribution in [0.25, 0.3) is 0 Å². The number of aryl methyl sites for hydroxylation is 2. The third-order valence-electron chi connectivity index (χ3n) is 2.34. The minimum atomic E-state index is -3.34. The average molecular weight is 230 g/mol. The van der Waals surface area contributed by atoms with Crippen LogP contribution in [0.5, 0.6) is 0 Å². The Morgan fingerprint density at radius 3 is 2.06 bits per heavy atom. The fraction of sp³-hybridized carbons (Fsp3) is 0.364. The molecule has 0 saturated carbocycles. The Morgan fingerprint density at radius 1 is 1.31 bits per heavy atom. The number of carboxylic acids is 1. The van der Waals surface area contributed by atoms with Crippen molar-refractivity contribution in [3.8, 4) is 0 Å². The van der Waals surface area contributed by atoms with Crippen molar-refractivity contribution in [2.24, 2.45) is 0 Å². The molecule has 0 unspecified atom stereocenters. The first-order valence-corrected chi connectivity index (χ1v) is 4.63. The molecule has 2 N–H and O–H groups in total. The van der Waals surface area contributed by atoms with Gasteiger partial charge < -0.3 is 10.2 Å². The second-order valence-corrected chi connectivity index (χ2v) is 3.65. The Labute approximate surface area is 91.3 Å². The molecule has 0 aliphatic rings. The molecule has 0 aliphatic heterocycles. The third-order valence-corrected chi connectivity index (χ3v) is 2.34. The van der Waals surface area contributed by atoms with Gasteiger partial charge >= 0.3 is 5.97 Å². The van der Waals surface area contributed by atoms with Crippen LogP contribution in [-0.2, 0) is 5.92 Å². The average Bonchev–Trinajstić information content (AvgIpc) is 2.16. The van der Waals surface area contributed by atoms with Crippen molar-refractivity contribution in [1.29, 1.82) is 0 Å². The highest BCUT2D eigenvalue weighted by molar-refractivity contribution is 5.88. The lowest BCUT2D eigenvalue weighted by Gasteiger charge is -2.19. The molecule has 0 bridgehead atoms. The van der Waals surface area contributed by atoms with Crippen molar-refractivity contribution in [2.45, 2.75) is 19.8 Å². The SMILES string of the molecule is Cc1cc(C(=O)O)cc(C)c1C(F)(F)CO. The van der Waals surface area contributed by atoms with Crippen molar-refractivity contribution in [1.82, 2.24) is 0 Å². The van der Waals surface area contributed by atoms with Gasteiger partial charge in [0.25, 0.3) is 5.92 Å². The Hall–Kier alpha value is -1.49. The van der Waals surface area contributed by atoms with Gasteiger partial charge in [0.05, 0.1) is 5.56 Å². The number of aliphatic hydroxyl groups excluding tert-OH is 1. The second kappa shape index (κ2) is 4.17. The van der Waals surface area contributed by atoms with E-state index in [1.165, 1.54) is 26.0 Å². The van der Waals surface area contributed by atoms with Gasteiger partial charge in [0.15, 0.2) is 0 Å². The maximum Gasteiger partial charge on any atom is 0.335 e. The van der Waals surface area contributed by atoms with Gasteiger partial charge in [-0.05, 0) is 37.1 Å². The molecule has 0 amide bonds. The molecule has 1 rings (SSSR count). The summed E-state index contributed by atoms with van der Waals surface area (Å²) in [6, 6.07) is 2.35. The topological polar surface area (TPSA) is 57.5 Å². The quantitative estimate of drug-likeness (QED) is 0.835. The first-order valence-electron chi connectivity index (χ1n) is 4.63. The van der Waals surface area contributed by atoms with Crippen LogP contribution in [0.4, 0.5) is 8.78 Å². The van der Waals surface area contributed by atoms with Crippen molar-refractivity contribution in [3.05, 3.63) is 34.4 Å². The summed E-state index contributed by atoms with van der Waals surface area (Å²) < 4.78 is 26.7. The predicted octanol–water partition coefficient (Wildman–Crippen LogP) is 2.09. The van der Waals surface area contributed by atoms with Gasteiger partial charge in [-0.3, -0.25) is 0 Å². The molecule has 88 valence electrons. The van der Waals surface area contributed by atoms with E-state index in [4.69, 9.17) is 10.2 Å². The molecule has 0 fully saturated rings. The number of rotatable bonds is 3. The second-order valence-electron chi connectivity index (χ2n) is 3.65. The molecular weight excluding hydrogens is 218 g/mol. The predicted molar refractivity (Wildman–Crippen MR) is 53.9 cm³/mol. The first-order chi connectivity index (χ1) is 7.29. The monoisotopic (exact) mass is 230 g/mol. The van der Waals surface area contributed by atoms with Crippen LogP contribution < -0.4 is 0 Å². The van der Waals surface area contributed by atoms with Gasteiger partial charge in [0.2, 0.25) is 0 Å². The fourth-order valence-electron chi connectivity index (χ4n) is 1.74. The number of alkyl halides is 2. The number of aromatic carboxylic acids is 1. The molecule has 1 aromatic rings. The molecule has 5 heteroatoms. The maximum atomic E-state index is 13.3. The summed E-state index contributed by atoms with van der Waals surface area (Å²) in [5.74, 6) is -4.50. The van der Waals surface area contributed by atoms with Crippen LogP contribution in [0.2, 0.25) is 0 Å². The number of hydrogen-bond donors (Lipinski definition) is 2. The van der Waals surface area contributed by atoms with E-state index in [9.17, 15) is 13.6 Å². The van der Waals surface area contributed by atoms with Crippen LogP contribution in [0, 0.1) is 13.8 Å². The molecule has 0 aromatic heterocycles. The summed E-state index contributed by atoms with van der Waals surface area (Å²) >= 11 is 0. The van der Waals surface area contributed by atoms with Crippen molar-refractivity contribution in [2.75, 3.05) is 6.61 Å². The lowest BCUT2D eigenvalue weighted by atomic mass is 9.95. The number of hydrogen-bond acceptors (Lipinski definition) is 2. The summed E-state index contributed by atoms with van der Waals surface area (Å²) in [7, 11) is 0. The van der Waals surface area contributed by atoms with Crippen LogP contribution in [-0.4, -0.2) is 22.8 Å². The van der Waals surface area contributed by atoms with Crippen molar-refractivity contribution in [3.63, 3.8) is 0 Å². The van der Waals surface area contributed by atoms with Gasteiger partial charge in [0.1, 0.15) is 6.61 Å². The van der Waals surface area contributed by atoms with Crippen LogP contribution in [0.3, 0.4) is 0 Å². The van der Waals surface area contributed by atoms with E-state index in [1.54, 1.807) is 0 Å². The van der Waals surface area contributed by atoms with E-state index in [2.05, 4.69) is 0 Å². The molecule has 0 radical (unpaired) electrons. The van der Waals surface area contributed by atoms with E-state index >= 15 is 0 Å². The lowest BCUT2D eigenvalue weighted by Crippen LogP contribution is -2.21. The van der Waals surface area contributed by atoms with E-state index in [0.717, 1.165) is 0 Å². The molecule has 0 atom stereocenters. The third kappa shape index (κ3) is 2.19. The molecule has 3 nitrogen and oxygen atoms in total. The number of carboxylic acid groups (broad SMARTS) is 1. The zero-order valence-corrected chi connectivity index (χ0v) is 8.92. The maximum absolute atomic E-state index is 13.3. The Morgan fingerprint density at radius 2 is 1.75 bits per heavy atom. The van der Waals surface area contributed by atoms with Crippen LogP contribution >= 0.6 is 0 Å². The molecule has 0 heterocycles. The van der Waals surface area contributed by atoms with Gasteiger partial charge in [-0.25, -0.2) is 4.79 Å². The van der Waals surface area contributed by atoms with Gasteiger partial charge in [0, 0.05) is 5.56 Å². The van der Waals surface area contributed by atoms with E-state index in [0.29, 0.717) is 0 Å². The van der Waals surface area contributed by atoms with Crippen molar-refractivity contribution < 1.29 is 23.8 Å². The number of aliphatic hydroxyl groups is 1. The van der Waals surface area contributed by atoms with E-state index < -0.39 is 18.5 Å². The zero-order valence-electron chi connectivity index (χ0n) is 8.92. The van der Waals surface area contributed by atoms with Crippen LogP contribution in [0.1, 0.15) is 27.0 Å². The number of benzene rings is 1. The molecule has 0 saturated heterocycles. The highest BCUT2D eigenvalue weighted by atomic mass is 19.3. The molecule has 16 heavy (non-hydrogen) atoms. The van der Waals surface area contributed by atoms with E-state index in [1.807, 2.05) is 0 Å². The largest absolute Gasteiger partial charge is 0.478 e. The lowest BCUT2D eigenvalue weighted by molar-refractivity contribution is -0.0566. The summed E-state index contributed by atoms with van der Waals surface area (Å²) in [5.41, 5.74) is -0.0135. The fourth-order valence-corrected chi connectivity index (χ4v) is 1.74. The van der Waals surface area contributed by atoms with Gasteiger partial charge in [-0.1, -0.05) is 0 Å². The zero-order chi connectivity index (χ0) is 12.5. The van der Waals surface area contributed by atoms with Crippen LogP contribution in [0.15, 0.2) is 12.1 Å². The highest BCUT2D eigenvalue weighted by Crippen LogP contribution is 2.33. The Kier molecular flexibility index (Phi) is 3.28. The summed E-state index contributed by atoms with van der Waals surface area (Å²) in [5, 5.41) is 17.4. The molecule has 1 aromatic carbocycles. The standard InChI is InChI=1S/C11H12F2O3/c1-6-3-8(10(15)16)4-7(2)9(6)11(12,13)5-14/h3-4,14H,5H2,1-2H3,(H,15,16). The minimum Gasteiger partial charge on any atom is -0.478 e. The normalized spacial score (nSPS) is 11.6. The highest BCUT2D eigenvalue weighted by Gasteiger charge is 2.34. The Balaban J connectivity index is 3.39. The summed E-state index contributed by atoms with van der Waals surface area (Å²) in [6.45, 7) is 1.51. The minimum absolute atomic E-state index is 0.0347. The Bertz CT molecular complexity index is 404. The number of halogens is 2. The van der Waals surface area contributed by atoms with Gasteiger partial charge in [-0.15, -0.1) is 0 Å². The van der Waals surface area contributed by atoms with Gasteiger partial charge in [-0.2, -0.15) is 8.78 Å². The molecule has 0 aliphatic carbocycles. The first kappa shape index (κ1) is 12.6.